The molecule has 0 aliphatic carbocycles. The molecule has 1 aliphatic rings. The topological polar surface area (TPSA) is 123 Å². The zero-order chi connectivity index (χ0) is 29.0. The lowest BCUT2D eigenvalue weighted by molar-refractivity contribution is 0.0657. The van der Waals surface area contributed by atoms with Crippen LogP contribution in [-0.4, -0.2) is 83.9 Å². The Morgan fingerprint density at radius 1 is 1.32 bits per heavy atom. The van der Waals surface area contributed by atoms with E-state index in [1.165, 1.54) is 12.0 Å². The Hall–Kier alpha value is -3.28. The summed E-state index contributed by atoms with van der Waals surface area (Å²) in [5.74, 6) is 1.11. The van der Waals surface area contributed by atoms with Crippen molar-refractivity contribution in [2.75, 3.05) is 40.4 Å². The van der Waals surface area contributed by atoms with Gasteiger partial charge < -0.3 is 29.3 Å². The van der Waals surface area contributed by atoms with E-state index in [1.54, 1.807) is 25.2 Å². The second-order valence-corrected chi connectivity index (χ2v) is 10.4. The number of piperidine rings is 1. The van der Waals surface area contributed by atoms with Gasteiger partial charge in [0, 0.05) is 24.3 Å². The van der Waals surface area contributed by atoms with E-state index in [-0.39, 0.29) is 19.1 Å². The van der Waals surface area contributed by atoms with Crippen molar-refractivity contribution in [2.45, 2.75) is 45.9 Å². The third kappa shape index (κ3) is 6.54. The number of aliphatic hydroxyl groups excluding tert-OH is 1. The van der Waals surface area contributed by atoms with E-state index in [1.807, 2.05) is 20.8 Å². The van der Waals surface area contributed by atoms with Gasteiger partial charge in [-0.05, 0) is 70.3 Å². The highest BCUT2D eigenvalue weighted by molar-refractivity contribution is 6.33. The standard InChI is InChI=1S/C28H35ClFN5O5/c1-15-24(10-18-8-9-35(13-23(18)30)28(37)38-5)32-27(33-26(15)25-16(2)34-40-17(25)3)21-11-20(6-7-22(21)29)39-14-19(36)12-31-4/h6-7,11,18-19,23,31,36H,8-10,12-14H2,1-5H3/t18-,19?,23-/m1/s1. The summed E-state index contributed by atoms with van der Waals surface area (Å²) >= 11 is 6.61. The zero-order valence-electron chi connectivity index (χ0n) is 23.3. The van der Waals surface area contributed by atoms with Crippen LogP contribution in [0.1, 0.15) is 29.1 Å². The minimum absolute atomic E-state index is 0.0321. The van der Waals surface area contributed by atoms with Crippen LogP contribution in [0, 0.1) is 26.7 Å². The summed E-state index contributed by atoms with van der Waals surface area (Å²) in [6.07, 6.45) is -1.64. The monoisotopic (exact) mass is 575 g/mol. The number of methoxy groups -OCH3 is 1. The Morgan fingerprint density at radius 2 is 2.10 bits per heavy atom. The highest BCUT2D eigenvalue weighted by Crippen LogP contribution is 2.36. The third-order valence-electron chi connectivity index (χ3n) is 7.14. The molecule has 1 fully saturated rings. The van der Waals surface area contributed by atoms with E-state index in [0.717, 1.165) is 11.1 Å². The predicted octanol–water partition coefficient (Wildman–Crippen LogP) is 4.31. The summed E-state index contributed by atoms with van der Waals surface area (Å²) in [4.78, 5) is 23.0. The summed E-state index contributed by atoms with van der Waals surface area (Å²) in [5, 5.41) is 17.4. The minimum Gasteiger partial charge on any atom is -0.491 e. The largest absolute Gasteiger partial charge is 0.491 e. The second-order valence-electron chi connectivity index (χ2n) is 10.0. The Bertz CT molecular complexity index is 1330. The molecular formula is C28H35ClFN5O5. The van der Waals surface area contributed by atoms with Crippen molar-refractivity contribution in [3.8, 4) is 28.4 Å². The first-order valence-electron chi connectivity index (χ1n) is 13.2. The number of hydrogen-bond acceptors (Lipinski definition) is 9. The number of ether oxygens (including phenoxy) is 2. The quantitative estimate of drug-likeness (QED) is 0.384. The van der Waals surface area contributed by atoms with Crippen molar-refractivity contribution >= 4 is 17.7 Å². The second kappa shape index (κ2) is 12.9. The first kappa shape index (κ1) is 29.7. The number of carbonyl (C=O) groups excluding carboxylic acids is 1. The Kier molecular flexibility index (Phi) is 9.60. The number of hydrogen-bond donors (Lipinski definition) is 2. The van der Waals surface area contributed by atoms with Gasteiger partial charge >= 0.3 is 6.09 Å². The van der Waals surface area contributed by atoms with Crippen molar-refractivity contribution in [3.05, 3.63) is 45.9 Å². The van der Waals surface area contributed by atoms with Crippen molar-refractivity contribution in [2.24, 2.45) is 5.92 Å². The third-order valence-corrected chi connectivity index (χ3v) is 7.47. The van der Waals surface area contributed by atoms with Gasteiger partial charge in [-0.3, -0.25) is 0 Å². The molecule has 1 aliphatic heterocycles. The number of likely N-dealkylation sites (N-methyl/N-ethyl adjacent to an activating group) is 1. The van der Waals surface area contributed by atoms with Gasteiger partial charge in [-0.1, -0.05) is 16.8 Å². The Labute approximate surface area is 237 Å². The maximum Gasteiger partial charge on any atom is 0.409 e. The van der Waals surface area contributed by atoms with Crippen molar-refractivity contribution < 1.29 is 28.3 Å². The molecule has 0 radical (unpaired) electrons. The normalized spacial score (nSPS) is 18.1. The molecule has 1 aromatic carbocycles. The number of aryl methyl sites for hydroxylation is 2. The number of carbonyl (C=O) groups is 1. The van der Waals surface area contributed by atoms with Gasteiger partial charge in [-0.2, -0.15) is 0 Å². The highest BCUT2D eigenvalue weighted by atomic mass is 35.5. The molecule has 1 unspecified atom stereocenters. The summed E-state index contributed by atoms with van der Waals surface area (Å²) in [6.45, 7) is 6.40. The van der Waals surface area contributed by atoms with Crippen LogP contribution < -0.4 is 10.1 Å². The molecular weight excluding hydrogens is 541 g/mol. The van der Waals surface area contributed by atoms with Crippen LogP contribution in [-0.2, 0) is 11.2 Å². The molecule has 0 spiro atoms. The SMILES string of the molecule is CNCC(O)COc1ccc(Cl)c(-c2nc(C[C@H]3CCN(C(=O)OC)C[C@H]3F)c(C)c(-c3c(C)noc3C)n2)c1. The number of nitrogens with zero attached hydrogens (tertiary/aromatic N) is 4. The molecule has 1 amide bonds. The van der Waals surface area contributed by atoms with Gasteiger partial charge in [-0.25, -0.2) is 19.2 Å². The molecule has 0 saturated carbocycles. The van der Waals surface area contributed by atoms with Crippen molar-refractivity contribution in [1.82, 2.24) is 25.3 Å². The van der Waals surface area contributed by atoms with Crippen molar-refractivity contribution in [3.63, 3.8) is 0 Å². The maximum absolute atomic E-state index is 15.3. The van der Waals surface area contributed by atoms with Crippen LogP contribution >= 0.6 is 11.6 Å². The number of rotatable bonds is 9. The molecule has 10 nitrogen and oxygen atoms in total. The number of aliphatic hydroxyl groups is 1. The van der Waals surface area contributed by atoms with Gasteiger partial charge in [0.15, 0.2) is 5.82 Å². The van der Waals surface area contributed by atoms with Crippen molar-refractivity contribution in [1.29, 1.82) is 0 Å². The molecule has 0 bridgehead atoms. The average molecular weight is 576 g/mol. The summed E-state index contributed by atoms with van der Waals surface area (Å²) in [7, 11) is 3.04. The van der Waals surface area contributed by atoms with E-state index in [9.17, 15) is 9.90 Å². The maximum atomic E-state index is 15.3. The molecule has 12 heteroatoms. The van der Waals surface area contributed by atoms with Crippen LogP contribution in [0.15, 0.2) is 22.7 Å². The fraction of sp³-hybridized carbons (Fsp3) is 0.500. The molecule has 2 N–H and O–H groups in total. The fourth-order valence-corrected chi connectivity index (χ4v) is 5.13. The number of nitrogens with one attached hydrogen (secondary N) is 1. The summed E-state index contributed by atoms with van der Waals surface area (Å²) in [5.41, 5.74) is 4.05. The lowest BCUT2D eigenvalue weighted by Crippen LogP contribution is -2.45. The van der Waals surface area contributed by atoms with Gasteiger partial charge in [0.1, 0.15) is 30.4 Å². The Morgan fingerprint density at radius 3 is 2.75 bits per heavy atom. The first-order valence-corrected chi connectivity index (χ1v) is 13.5. The number of alkyl halides is 1. The van der Waals surface area contributed by atoms with Crippen LogP contribution in [0.4, 0.5) is 9.18 Å². The molecule has 2 aromatic heterocycles. The van der Waals surface area contributed by atoms with Gasteiger partial charge in [0.2, 0.25) is 0 Å². The van der Waals surface area contributed by atoms with E-state index in [2.05, 4.69) is 10.5 Å². The van der Waals surface area contributed by atoms with Gasteiger partial charge in [0.05, 0.1) is 35.6 Å². The number of aromatic nitrogens is 3. The first-order chi connectivity index (χ1) is 19.1. The number of halogens is 2. The lowest BCUT2D eigenvalue weighted by atomic mass is 9.88. The number of benzene rings is 1. The molecule has 3 atom stereocenters. The smallest absolute Gasteiger partial charge is 0.409 e. The highest BCUT2D eigenvalue weighted by Gasteiger charge is 2.33. The summed E-state index contributed by atoms with van der Waals surface area (Å²) in [6, 6.07) is 5.13. The minimum atomic E-state index is -1.24. The number of amides is 1. The van der Waals surface area contributed by atoms with Crippen LogP contribution in [0.25, 0.3) is 22.6 Å². The van der Waals surface area contributed by atoms with Crippen LogP contribution in [0.5, 0.6) is 5.75 Å². The molecule has 4 rings (SSSR count). The van der Waals surface area contributed by atoms with Crippen LogP contribution in [0.3, 0.4) is 0 Å². The van der Waals surface area contributed by atoms with Gasteiger partial charge in [0.25, 0.3) is 0 Å². The summed E-state index contributed by atoms with van der Waals surface area (Å²) < 4.78 is 31.3. The van der Waals surface area contributed by atoms with E-state index >= 15 is 4.39 Å². The Balaban J connectivity index is 1.72. The van der Waals surface area contributed by atoms with Gasteiger partial charge in [-0.15, -0.1) is 0 Å². The fourth-order valence-electron chi connectivity index (χ4n) is 4.93. The van der Waals surface area contributed by atoms with E-state index < -0.39 is 18.4 Å². The lowest BCUT2D eigenvalue weighted by Gasteiger charge is -2.34. The predicted molar refractivity (Wildman–Crippen MR) is 148 cm³/mol. The van der Waals surface area contributed by atoms with E-state index in [4.69, 9.17) is 35.6 Å². The average Bonchev–Trinajstić information content (AvgIpc) is 3.27. The molecule has 1 saturated heterocycles. The molecule has 216 valence electrons. The van der Waals surface area contributed by atoms with E-state index in [0.29, 0.717) is 70.9 Å². The molecule has 40 heavy (non-hydrogen) atoms. The molecule has 3 aromatic rings. The number of likely N-dealkylation sites (tertiary alicyclic amines) is 1. The zero-order valence-corrected chi connectivity index (χ0v) is 24.1. The molecule has 3 heterocycles. The van der Waals surface area contributed by atoms with Crippen LogP contribution in [0.2, 0.25) is 5.02 Å².